The zero-order valence-corrected chi connectivity index (χ0v) is 34.6. The molecule has 0 aromatic rings. The van der Waals surface area contributed by atoms with Gasteiger partial charge in [-0.25, -0.2) is 19.2 Å². The number of alkyl carbamates (subject to hydrolysis) is 1. The SMILES string of the molecule is C=C(C)C(=O)OCCNC(=O)NCCC[Si](OC)(OC)OC.C=C(C)C(=O)OCCOC(=O)NCCC[Si](OCC)(OCC)OCC.C=C(C)C=O. The molecular weight excluding hydrogens is 719 g/mol. The number of rotatable bonds is 26. The summed E-state index contributed by atoms with van der Waals surface area (Å²) in [4.78, 5) is 54.7. The Morgan fingerprint density at radius 3 is 1.38 bits per heavy atom. The van der Waals surface area contributed by atoms with Crippen LogP contribution in [0.25, 0.3) is 0 Å². The summed E-state index contributed by atoms with van der Waals surface area (Å²) in [5.74, 6) is -0.977. The third-order valence-corrected chi connectivity index (χ3v) is 12.0. The second kappa shape index (κ2) is 33.4. The number of urea groups is 1. The number of carbonyl (C=O) groups excluding carboxylic acids is 5. The molecule has 0 saturated heterocycles. The molecule has 0 aromatic heterocycles. The van der Waals surface area contributed by atoms with Crippen LogP contribution < -0.4 is 16.0 Å². The van der Waals surface area contributed by atoms with E-state index in [4.69, 9.17) is 40.8 Å². The lowest BCUT2D eigenvalue weighted by Gasteiger charge is -2.28. The first-order valence-corrected chi connectivity index (χ1v) is 20.7. The van der Waals surface area contributed by atoms with E-state index in [9.17, 15) is 24.0 Å². The van der Waals surface area contributed by atoms with E-state index in [0.29, 0.717) is 74.6 Å². The van der Waals surface area contributed by atoms with Gasteiger partial charge in [0.1, 0.15) is 26.1 Å². The highest BCUT2D eigenvalue weighted by Crippen LogP contribution is 2.18. The monoisotopic (exact) mass is 781 g/mol. The lowest BCUT2D eigenvalue weighted by Crippen LogP contribution is -2.46. The van der Waals surface area contributed by atoms with Crippen molar-refractivity contribution in [1.29, 1.82) is 0 Å². The quantitative estimate of drug-likeness (QED) is 0.0286. The predicted octanol–water partition coefficient (Wildman–Crippen LogP) is 3.70. The topological polar surface area (TPSA) is 205 Å². The smallest absolute Gasteiger partial charge is 0.460 e. The van der Waals surface area contributed by atoms with Gasteiger partial charge in [-0.3, -0.25) is 4.79 Å². The zero-order chi connectivity index (χ0) is 40.4. The van der Waals surface area contributed by atoms with Crippen LogP contribution in [-0.4, -0.2) is 129 Å². The fraction of sp³-hybridized carbons (Fsp3) is 0.667. The van der Waals surface area contributed by atoms with Crippen molar-refractivity contribution in [2.75, 3.05) is 80.6 Å². The molecule has 0 aliphatic rings. The Kier molecular flexibility index (Phi) is 34.0. The van der Waals surface area contributed by atoms with Gasteiger partial charge in [0.2, 0.25) is 0 Å². The number of aldehydes is 1. The lowest BCUT2D eigenvalue weighted by molar-refractivity contribution is -0.140. The molecule has 0 aliphatic carbocycles. The molecule has 0 aromatic carbocycles. The summed E-state index contributed by atoms with van der Waals surface area (Å²) in [6.07, 6.45) is 1.47. The number of amides is 3. The Balaban J connectivity index is -0.000000820. The minimum Gasteiger partial charge on any atom is -0.460 e. The molecule has 52 heavy (non-hydrogen) atoms. The van der Waals surface area contributed by atoms with Gasteiger partial charge in [-0.15, -0.1) is 0 Å². The van der Waals surface area contributed by atoms with E-state index in [1.165, 1.54) is 0 Å². The van der Waals surface area contributed by atoms with Crippen molar-refractivity contribution in [2.45, 2.75) is 66.5 Å². The molecular formula is C33H63N3O14Si2. The molecule has 19 heteroatoms. The minimum atomic E-state index is -2.68. The number of ether oxygens (including phenoxy) is 3. The van der Waals surface area contributed by atoms with Gasteiger partial charge >= 0.3 is 41.7 Å². The molecule has 0 unspecified atom stereocenters. The standard InChI is InChI=1S/C16H31NO7Si.C13H26N2O6Si.C4H6O/c1-6-22-25(23-7-2,24-8-3)13-9-10-17-16(19)21-12-11-20-15(18)14(4)5;1-11(2)12(16)21-9-8-15-13(17)14-7-6-10-22(18-3,19-4)20-5;1-4(2)3-5/h4,6-13H2,1-3,5H3,(H,17,19);1,6-10H2,2-5H3,(H2,14,15,17);3H,1H2,2H3. The van der Waals surface area contributed by atoms with Gasteiger partial charge in [-0.1, -0.05) is 19.7 Å². The van der Waals surface area contributed by atoms with Crippen molar-refractivity contribution in [3.63, 3.8) is 0 Å². The molecule has 0 radical (unpaired) electrons. The highest BCUT2D eigenvalue weighted by Gasteiger charge is 2.39. The van der Waals surface area contributed by atoms with E-state index in [1.54, 1.807) is 42.1 Å². The molecule has 0 fully saturated rings. The average Bonchev–Trinajstić information content (AvgIpc) is 3.11. The number of esters is 2. The number of carbonyl (C=O) groups is 5. The van der Waals surface area contributed by atoms with Crippen molar-refractivity contribution >= 4 is 48.0 Å². The predicted molar refractivity (Wildman–Crippen MR) is 199 cm³/mol. The van der Waals surface area contributed by atoms with Crippen LogP contribution in [0.2, 0.25) is 12.1 Å². The second-order valence-electron chi connectivity index (χ2n) is 10.5. The van der Waals surface area contributed by atoms with Gasteiger partial charge < -0.3 is 56.7 Å². The Hall–Kier alpha value is -3.44. The van der Waals surface area contributed by atoms with Gasteiger partial charge in [-0.2, -0.15) is 0 Å². The highest BCUT2D eigenvalue weighted by atomic mass is 28.4. The van der Waals surface area contributed by atoms with Crippen LogP contribution in [0, 0.1) is 0 Å². The largest absolute Gasteiger partial charge is 0.500 e. The van der Waals surface area contributed by atoms with Crippen molar-refractivity contribution in [3.05, 3.63) is 36.5 Å². The minimum absolute atomic E-state index is 0.00580. The maximum absolute atomic E-state index is 11.5. The Labute approximate surface area is 311 Å². The summed E-state index contributed by atoms with van der Waals surface area (Å²) in [7, 11) is -0.620. The molecule has 17 nitrogen and oxygen atoms in total. The summed E-state index contributed by atoms with van der Waals surface area (Å²) in [6.45, 7) is 23.4. The van der Waals surface area contributed by atoms with Crippen LogP contribution in [-0.2, 0) is 55.2 Å². The van der Waals surface area contributed by atoms with E-state index in [2.05, 4.69) is 35.7 Å². The number of nitrogens with one attached hydrogen (secondary N) is 3. The summed E-state index contributed by atoms with van der Waals surface area (Å²) in [5, 5.41) is 7.89. The molecule has 0 aliphatic heterocycles. The second-order valence-corrected chi connectivity index (χ2v) is 16.3. The van der Waals surface area contributed by atoms with Gasteiger partial charge in [0.25, 0.3) is 0 Å². The molecule has 302 valence electrons. The van der Waals surface area contributed by atoms with Crippen LogP contribution in [0.15, 0.2) is 36.5 Å². The third-order valence-electron chi connectivity index (χ3n) is 5.97. The summed E-state index contributed by atoms with van der Waals surface area (Å²) >= 11 is 0. The first-order valence-electron chi connectivity index (χ1n) is 16.8. The van der Waals surface area contributed by atoms with Gasteiger partial charge in [-0.05, 0) is 60.0 Å². The highest BCUT2D eigenvalue weighted by molar-refractivity contribution is 6.61. The maximum Gasteiger partial charge on any atom is 0.500 e. The molecule has 3 N–H and O–H groups in total. The molecule has 0 saturated carbocycles. The fourth-order valence-electron chi connectivity index (χ4n) is 3.50. The van der Waals surface area contributed by atoms with E-state index < -0.39 is 35.6 Å². The van der Waals surface area contributed by atoms with Crippen LogP contribution in [0.3, 0.4) is 0 Å². The first-order chi connectivity index (χ1) is 24.6. The fourth-order valence-corrected chi connectivity index (χ4v) is 7.83. The molecule has 0 spiro atoms. The van der Waals surface area contributed by atoms with Crippen molar-refractivity contribution in [3.8, 4) is 0 Å². The van der Waals surface area contributed by atoms with E-state index in [-0.39, 0.29) is 32.4 Å². The Morgan fingerprint density at radius 1 is 0.596 bits per heavy atom. The van der Waals surface area contributed by atoms with Crippen molar-refractivity contribution in [1.82, 2.24) is 16.0 Å². The van der Waals surface area contributed by atoms with Crippen molar-refractivity contribution < 1.29 is 64.7 Å². The zero-order valence-electron chi connectivity index (χ0n) is 32.6. The normalized spacial score (nSPS) is 10.6. The summed E-state index contributed by atoms with van der Waals surface area (Å²) < 4.78 is 47.6. The van der Waals surface area contributed by atoms with Crippen LogP contribution in [0.4, 0.5) is 9.59 Å². The molecule has 0 atom stereocenters. The van der Waals surface area contributed by atoms with Crippen LogP contribution >= 0.6 is 0 Å². The average molecular weight is 782 g/mol. The van der Waals surface area contributed by atoms with E-state index in [0.717, 1.165) is 6.29 Å². The molecule has 0 rings (SSSR count). The molecule has 0 heterocycles. The van der Waals surface area contributed by atoms with Gasteiger partial charge in [0.15, 0.2) is 0 Å². The number of allylic oxidation sites excluding steroid dienone is 1. The maximum atomic E-state index is 11.5. The lowest BCUT2D eigenvalue weighted by atomic mass is 10.4. The first kappa shape index (κ1) is 52.9. The van der Waals surface area contributed by atoms with Crippen molar-refractivity contribution in [2.24, 2.45) is 0 Å². The third kappa shape index (κ3) is 29.2. The summed E-state index contributed by atoms with van der Waals surface area (Å²) in [5.41, 5.74) is 1.20. The van der Waals surface area contributed by atoms with E-state index >= 15 is 0 Å². The van der Waals surface area contributed by atoms with E-state index in [1.807, 2.05) is 20.8 Å². The van der Waals surface area contributed by atoms with Gasteiger partial charge in [0.05, 0.1) is 6.54 Å². The van der Waals surface area contributed by atoms with Gasteiger partial charge in [0, 0.05) is 77.5 Å². The van der Waals surface area contributed by atoms with Crippen LogP contribution in [0.1, 0.15) is 54.4 Å². The van der Waals surface area contributed by atoms with Crippen LogP contribution in [0.5, 0.6) is 0 Å². The molecule has 3 amide bonds. The molecule has 0 bridgehead atoms. The Bertz CT molecular complexity index is 1050. The summed E-state index contributed by atoms with van der Waals surface area (Å²) in [6, 6.07) is 0.886. The Morgan fingerprint density at radius 2 is 0.981 bits per heavy atom. The number of hydrogen-bond acceptors (Lipinski definition) is 14. The number of hydrogen-bond donors (Lipinski definition) is 3.